The van der Waals surface area contributed by atoms with Gasteiger partial charge >= 0.3 is 7.12 Å². The predicted molar refractivity (Wildman–Crippen MR) is 127 cm³/mol. The van der Waals surface area contributed by atoms with E-state index >= 15 is 0 Å². The minimum absolute atomic E-state index is 0.122. The molecule has 1 fully saturated rings. The fourth-order valence-corrected chi connectivity index (χ4v) is 3.99. The van der Waals surface area contributed by atoms with E-state index in [4.69, 9.17) is 19.3 Å². The van der Waals surface area contributed by atoms with Crippen LogP contribution in [0.4, 0.5) is 0 Å². The third kappa shape index (κ3) is 4.77. The maximum Gasteiger partial charge on any atom is 0.494 e. The summed E-state index contributed by atoms with van der Waals surface area (Å²) < 4.78 is 19.3. The van der Waals surface area contributed by atoms with Crippen LogP contribution in [0.3, 0.4) is 0 Å². The quantitative estimate of drug-likeness (QED) is 0.496. The van der Waals surface area contributed by atoms with Gasteiger partial charge in [-0.05, 0) is 63.8 Å². The van der Waals surface area contributed by atoms with Gasteiger partial charge in [0, 0.05) is 0 Å². The Morgan fingerprint density at radius 2 is 1.65 bits per heavy atom. The second-order valence-electron chi connectivity index (χ2n) is 8.28. The van der Waals surface area contributed by atoms with Crippen molar-refractivity contribution in [2.24, 2.45) is 0 Å². The van der Waals surface area contributed by atoms with Gasteiger partial charge in [0.1, 0.15) is 17.9 Å². The number of fused-ring (bicyclic) bond motifs is 1. The van der Waals surface area contributed by atoms with Gasteiger partial charge in [-0.2, -0.15) is 5.26 Å². The first kappa shape index (κ1) is 23.3. The SMILES string of the molecule is CC.CC(Oc1ccc2nc(C#N)sc2c1)c1ccc(B2OC(C)(C)C(C)(C)O2)cc1. The third-order valence-electron chi connectivity index (χ3n) is 5.70. The minimum atomic E-state index is -0.367. The number of nitriles is 1. The van der Waals surface area contributed by atoms with Crippen LogP contribution < -0.4 is 10.2 Å². The fourth-order valence-electron chi connectivity index (χ4n) is 3.20. The molecule has 2 heterocycles. The van der Waals surface area contributed by atoms with E-state index in [0.29, 0.717) is 5.01 Å². The second-order valence-corrected chi connectivity index (χ2v) is 9.31. The van der Waals surface area contributed by atoms with E-state index in [1.165, 1.54) is 11.3 Å². The molecule has 1 unspecified atom stereocenters. The number of aromatic nitrogens is 1. The molecule has 7 heteroatoms. The van der Waals surface area contributed by atoms with Crippen molar-refractivity contribution >= 4 is 34.1 Å². The molecule has 31 heavy (non-hydrogen) atoms. The first-order valence-electron chi connectivity index (χ1n) is 10.6. The minimum Gasteiger partial charge on any atom is -0.486 e. The Morgan fingerprint density at radius 1 is 1.03 bits per heavy atom. The van der Waals surface area contributed by atoms with Gasteiger partial charge in [-0.1, -0.05) is 38.1 Å². The Balaban J connectivity index is 0.00000132. The molecule has 0 amide bonds. The van der Waals surface area contributed by atoms with E-state index < -0.39 is 0 Å². The molecule has 0 bridgehead atoms. The van der Waals surface area contributed by atoms with Crippen LogP contribution in [0, 0.1) is 11.3 Å². The summed E-state index contributed by atoms with van der Waals surface area (Å²) in [6.07, 6.45) is -0.122. The zero-order chi connectivity index (χ0) is 22.8. The molecule has 2 aromatic carbocycles. The van der Waals surface area contributed by atoms with Gasteiger partial charge in [0.05, 0.1) is 21.4 Å². The van der Waals surface area contributed by atoms with Crippen molar-refractivity contribution in [2.45, 2.75) is 65.8 Å². The van der Waals surface area contributed by atoms with Crippen molar-refractivity contribution in [2.75, 3.05) is 0 Å². The number of rotatable bonds is 4. The molecule has 0 aliphatic carbocycles. The molecule has 0 spiro atoms. The summed E-state index contributed by atoms with van der Waals surface area (Å²) in [6.45, 7) is 14.2. The number of hydrogen-bond acceptors (Lipinski definition) is 6. The molecular formula is C24H29BN2O3S. The Labute approximate surface area is 189 Å². The number of ether oxygens (including phenoxy) is 1. The molecule has 1 aliphatic heterocycles. The highest BCUT2D eigenvalue weighted by Crippen LogP contribution is 2.36. The highest BCUT2D eigenvalue weighted by atomic mass is 32.1. The lowest BCUT2D eigenvalue weighted by atomic mass is 9.78. The Hall–Kier alpha value is -2.40. The summed E-state index contributed by atoms with van der Waals surface area (Å²) in [5.74, 6) is 0.758. The van der Waals surface area contributed by atoms with E-state index in [-0.39, 0.29) is 24.4 Å². The molecule has 3 aromatic rings. The van der Waals surface area contributed by atoms with Crippen molar-refractivity contribution in [1.29, 1.82) is 5.26 Å². The predicted octanol–water partition coefficient (Wildman–Crippen LogP) is 5.63. The van der Waals surface area contributed by atoms with Crippen LogP contribution in [0.5, 0.6) is 5.75 Å². The van der Waals surface area contributed by atoms with Crippen LogP contribution in [0.1, 0.15) is 65.1 Å². The molecule has 1 aromatic heterocycles. The van der Waals surface area contributed by atoms with E-state index in [1.54, 1.807) is 0 Å². The van der Waals surface area contributed by atoms with Gasteiger partial charge in [0.2, 0.25) is 0 Å². The van der Waals surface area contributed by atoms with E-state index in [9.17, 15) is 0 Å². The monoisotopic (exact) mass is 436 g/mol. The van der Waals surface area contributed by atoms with Gasteiger partial charge < -0.3 is 14.0 Å². The third-order valence-corrected chi connectivity index (χ3v) is 6.62. The average Bonchev–Trinajstić information content (AvgIpc) is 3.26. The summed E-state index contributed by atoms with van der Waals surface area (Å²) in [5.41, 5.74) is 2.17. The highest BCUT2D eigenvalue weighted by Gasteiger charge is 2.51. The van der Waals surface area contributed by atoms with Crippen LogP contribution >= 0.6 is 11.3 Å². The van der Waals surface area contributed by atoms with Gasteiger partial charge in [-0.25, -0.2) is 4.98 Å². The standard InChI is InChI=1S/C22H23BN2O3S.C2H6/c1-14(26-17-10-11-18-19(12-17)29-20(13-24)25-18)15-6-8-16(9-7-15)23-27-21(2,3)22(4,5)28-23;1-2/h6-12,14H,1-5H3;1-2H3. The average molecular weight is 436 g/mol. The van der Waals surface area contributed by atoms with Gasteiger partial charge in [-0.3, -0.25) is 0 Å². The zero-order valence-corrected chi connectivity index (χ0v) is 20.0. The summed E-state index contributed by atoms with van der Waals surface area (Å²) in [5, 5.41) is 9.47. The number of hydrogen-bond donors (Lipinski definition) is 0. The van der Waals surface area contributed by atoms with E-state index in [0.717, 1.165) is 27.0 Å². The van der Waals surface area contributed by atoms with Gasteiger partial charge in [0.25, 0.3) is 0 Å². The first-order chi connectivity index (χ1) is 14.7. The van der Waals surface area contributed by atoms with Crippen LogP contribution in [0.15, 0.2) is 42.5 Å². The molecule has 0 radical (unpaired) electrons. The Bertz CT molecular complexity index is 1070. The van der Waals surface area contributed by atoms with Crippen LogP contribution in [0.2, 0.25) is 0 Å². The number of thiazole rings is 1. The lowest BCUT2D eigenvalue weighted by molar-refractivity contribution is 0.00578. The highest BCUT2D eigenvalue weighted by molar-refractivity contribution is 7.19. The zero-order valence-electron chi connectivity index (χ0n) is 19.2. The maximum absolute atomic E-state index is 9.01. The van der Waals surface area contributed by atoms with Crippen molar-refractivity contribution < 1.29 is 14.0 Å². The molecular weight excluding hydrogens is 407 g/mol. The van der Waals surface area contributed by atoms with Gasteiger partial charge in [0.15, 0.2) is 5.01 Å². The van der Waals surface area contributed by atoms with Crippen LogP contribution in [-0.2, 0) is 9.31 Å². The summed E-state index contributed by atoms with van der Waals surface area (Å²) >= 11 is 1.37. The van der Waals surface area contributed by atoms with Crippen LogP contribution in [0.25, 0.3) is 10.2 Å². The molecule has 0 N–H and O–H groups in total. The Kier molecular flexibility index (Phi) is 6.75. The smallest absolute Gasteiger partial charge is 0.486 e. The molecule has 4 rings (SSSR count). The number of benzene rings is 2. The molecule has 1 aliphatic rings. The maximum atomic E-state index is 9.01. The van der Waals surface area contributed by atoms with E-state index in [2.05, 4.69) is 38.7 Å². The largest absolute Gasteiger partial charge is 0.494 e. The number of nitrogens with zero attached hydrogens (tertiary/aromatic N) is 2. The summed E-state index contributed by atoms with van der Waals surface area (Å²) in [6, 6.07) is 15.9. The molecule has 1 atom stereocenters. The van der Waals surface area contributed by atoms with Crippen molar-refractivity contribution in [1.82, 2.24) is 4.98 Å². The van der Waals surface area contributed by atoms with Crippen molar-refractivity contribution in [3.63, 3.8) is 0 Å². The fraction of sp³-hybridized carbons (Fsp3) is 0.417. The molecule has 162 valence electrons. The summed E-state index contributed by atoms with van der Waals surface area (Å²) in [7, 11) is -0.367. The first-order valence-corrected chi connectivity index (χ1v) is 11.4. The molecule has 1 saturated heterocycles. The molecule has 5 nitrogen and oxygen atoms in total. The lowest BCUT2D eigenvalue weighted by Gasteiger charge is -2.32. The second kappa shape index (κ2) is 9.00. The van der Waals surface area contributed by atoms with E-state index in [1.807, 2.05) is 63.2 Å². The lowest BCUT2D eigenvalue weighted by Crippen LogP contribution is -2.41. The Morgan fingerprint density at radius 3 is 2.23 bits per heavy atom. The topological polar surface area (TPSA) is 64.4 Å². The normalized spacial score (nSPS) is 17.5. The van der Waals surface area contributed by atoms with Crippen molar-refractivity contribution in [3.8, 4) is 11.8 Å². The molecule has 0 saturated carbocycles. The van der Waals surface area contributed by atoms with Crippen molar-refractivity contribution in [3.05, 3.63) is 53.0 Å². The summed E-state index contributed by atoms with van der Waals surface area (Å²) in [4.78, 5) is 4.26. The van der Waals surface area contributed by atoms with Gasteiger partial charge in [-0.15, -0.1) is 11.3 Å². The van der Waals surface area contributed by atoms with Crippen LogP contribution in [-0.4, -0.2) is 23.3 Å².